The molecular formula is C14H24IN3O. The molecule has 0 spiro atoms. The molecular weight excluding hydrogens is 353 g/mol. The fraction of sp³-hybridized carbons (Fsp3) is 0.714. The third-order valence-corrected chi connectivity index (χ3v) is 3.73. The van der Waals surface area contributed by atoms with Crippen molar-refractivity contribution in [2.24, 2.45) is 0 Å². The van der Waals surface area contributed by atoms with E-state index in [2.05, 4.69) is 60.6 Å². The molecule has 0 aliphatic carbocycles. The lowest BCUT2D eigenvalue weighted by atomic mass is 9.92. The van der Waals surface area contributed by atoms with Crippen LogP contribution in [0.5, 0.6) is 0 Å². The number of aromatic nitrogens is 2. The zero-order valence-electron chi connectivity index (χ0n) is 12.7. The van der Waals surface area contributed by atoms with Gasteiger partial charge in [0.05, 0.1) is 9.26 Å². The predicted molar refractivity (Wildman–Crippen MR) is 87.7 cm³/mol. The highest BCUT2D eigenvalue weighted by atomic mass is 127. The highest BCUT2D eigenvalue weighted by Crippen LogP contribution is 2.30. The molecule has 4 nitrogen and oxygen atoms in total. The third kappa shape index (κ3) is 4.27. The van der Waals surface area contributed by atoms with E-state index >= 15 is 0 Å². The van der Waals surface area contributed by atoms with Crippen molar-refractivity contribution >= 4 is 28.4 Å². The summed E-state index contributed by atoms with van der Waals surface area (Å²) in [6.07, 6.45) is -0.0829. The molecule has 1 N–H and O–H groups in total. The second kappa shape index (κ2) is 6.83. The normalized spacial score (nSPS) is 13.4. The maximum absolute atomic E-state index is 5.61. The number of nitrogens with zero attached hydrogens (tertiary/aromatic N) is 2. The average molecular weight is 377 g/mol. The van der Waals surface area contributed by atoms with Gasteiger partial charge in [0.25, 0.3) is 0 Å². The van der Waals surface area contributed by atoms with Crippen LogP contribution in [-0.2, 0) is 10.2 Å². The van der Waals surface area contributed by atoms with Crippen LogP contribution >= 0.6 is 22.6 Å². The first kappa shape index (κ1) is 16.6. The van der Waals surface area contributed by atoms with E-state index in [-0.39, 0.29) is 11.5 Å². The summed E-state index contributed by atoms with van der Waals surface area (Å²) in [4.78, 5) is 9.32. The lowest BCUT2D eigenvalue weighted by molar-refractivity contribution is 0.0698. The van der Waals surface area contributed by atoms with Crippen molar-refractivity contribution in [2.75, 3.05) is 18.5 Å². The van der Waals surface area contributed by atoms with Gasteiger partial charge in [0.15, 0.2) is 5.82 Å². The first-order valence-electron chi connectivity index (χ1n) is 6.74. The smallest absolute Gasteiger partial charge is 0.159 e. The molecule has 5 heteroatoms. The quantitative estimate of drug-likeness (QED) is 0.791. The summed E-state index contributed by atoms with van der Waals surface area (Å²) in [5, 5.41) is 3.31. The van der Waals surface area contributed by atoms with Crippen molar-refractivity contribution in [3.63, 3.8) is 0 Å². The molecule has 1 rings (SSSR count). The highest BCUT2D eigenvalue weighted by molar-refractivity contribution is 14.1. The molecule has 0 amide bonds. The fourth-order valence-corrected chi connectivity index (χ4v) is 2.99. The van der Waals surface area contributed by atoms with E-state index in [9.17, 15) is 0 Å². The lowest BCUT2D eigenvalue weighted by Gasteiger charge is -2.23. The van der Waals surface area contributed by atoms with Gasteiger partial charge in [-0.05, 0) is 43.4 Å². The number of nitrogens with one attached hydrogen (secondary N) is 1. The van der Waals surface area contributed by atoms with Crippen LogP contribution in [0.1, 0.15) is 59.2 Å². The Morgan fingerprint density at radius 3 is 2.37 bits per heavy atom. The molecule has 0 fully saturated rings. The van der Waals surface area contributed by atoms with E-state index in [0.717, 1.165) is 27.5 Å². The minimum Gasteiger partial charge on any atom is -0.371 e. The molecule has 0 aromatic carbocycles. The maximum atomic E-state index is 5.61. The number of hydrogen-bond donors (Lipinski definition) is 1. The van der Waals surface area contributed by atoms with Crippen molar-refractivity contribution in [3.05, 3.63) is 15.1 Å². The Morgan fingerprint density at radius 2 is 1.89 bits per heavy atom. The molecule has 1 aromatic rings. The molecule has 0 radical (unpaired) electrons. The first-order chi connectivity index (χ1) is 8.81. The Balaban J connectivity index is 3.31. The summed E-state index contributed by atoms with van der Waals surface area (Å²) in [6, 6.07) is 0. The topological polar surface area (TPSA) is 47.0 Å². The van der Waals surface area contributed by atoms with Crippen LogP contribution in [0.4, 0.5) is 5.82 Å². The minimum absolute atomic E-state index is 0.00960. The van der Waals surface area contributed by atoms with Crippen LogP contribution < -0.4 is 5.32 Å². The van der Waals surface area contributed by atoms with Crippen molar-refractivity contribution in [3.8, 4) is 0 Å². The molecule has 19 heavy (non-hydrogen) atoms. The van der Waals surface area contributed by atoms with E-state index in [1.54, 1.807) is 0 Å². The number of ether oxygens (including phenoxy) is 1. The molecule has 1 heterocycles. The standard InChI is InChI=1S/C14H24IN3O/c1-7-16-13-10(15)11(14(4,5)6)17-12(18-13)9(3)19-8-2/h9H,7-8H2,1-6H3,(H,16,17,18). The Labute approximate surface area is 129 Å². The van der Waals surface area contributed by atoms with Crippen molar-refractivity contribution < 1.29 is 4.74 Å². The molecule has 1 unspecified atom stereocenters. The average Bonchev–Trinajstić information content (AvgIpc) is 2.30. The number of anilines is 1. The molecule has 1 atom stereocenters. The summed E-state index contributed by atoms with van der Waals surface area (Å²) in [5.41, 5.74) is 1.06. The van der Waals surface area contributed by atoms with Gasteiger partial charge in [-0.15, -0.1) is 0 Å². The Bertz CT molecular complexity index is 429. The minimum atomic E-state index is -0.0829. The van der Waals surface area contributed by atoms with Crippen molar-refractivity contribution in [1.82, 2.24) is 9.97 Å². The largest absolute Gasteiger partial charge is 0.371 e. The molecule has 0 aliphatic heterocycles. The zero-order chi connectivity index (χ0) is 14.6. The zero-order valence-corrected chi connectivity index (χ0v) is 14.8. The number of halogens is 1. The van der Waals surface area contributed by atoms with Crippen LogP contribution in [0.3, 0.4) is 0 Å². The van der Waals surface area contributed by atoms with E-state index in [1.807, 2.05) is 13.8 Å². The van der Waals surface area contributed by atoms with Crippen LogP contribution in [-0.4, -0.2) is 23.1 Å². The van der Waals surface area contributed by atoms with Crippen LogP contribution in [0.2, 0.25) is 0 Å². The summed E-state index contributed by atoms with van der Waals surface area (Å²) in [7, 11) is 0. The van der Waals surface area contributed by atoms with Gasteiger partial charge in [0, 0.05) is 18.6 Å². The molecule has 0 saturated carbocycles. The lowest BCUT2D eigenvalue weighted by Crippen LogP contribution is -2.21. The number of rotatable bonds is 5. The number of hydrogen-bond acceptors (Lipinski definition) is 4. The van der Waals surface area contributed by atoms with E-state index in [0.29, 0.717) is 6.61 Å². The van der Waals surface area contributed by atoms with Crippen LogP contribution in [0.25, 0.3) is 0 Å². The van der Waals surface area contributed by atoms with Gasteiger partial charge in [0.2, 0.25) is 0 Å². The van der Waals surface area contributed by atoms with Crippen LogP contribution in [0.15, 0.2) is 0 Å². The fourth-order valence-electron chi connectivity index (χ4n) is 1.75. The van der Waals surface area contributed by atoms with E-state index in [4.69, 9.17) is 9.72 Å². The van der Waals surface area contributed by atoms with Gasteiger partial charge in [-0.2, -0.15) is 0 Å². The molecule has 0 bridgehead atoms. The Kier molecular flexibility index (Phi) is 5.98. The SMILES string of the molecule is CCNc1nc(C(C)OCC)nc(C(C)(C)C)c1I. The summed E-state index contributed by atoms with van der Waals surface area (Å²) in [5.74, 6) is 1.66. The van der Waals surface area contributed by atoms with Crippen LogP contribution in [0, 0.1) is 3.57 Å². The predicted octanol–water partition coefficient (Wildman–Crippen LogP) is 3.91. The van der Waals surface area contributed by atoms with Gasteiger partial charge < -0.3 is 10.1 Å². The van der Waals surface area contributed by atoms with Crippen molar-refractivity contribution in [2.45, 2.75) is 53.1 Å². The summed E-state index contributed by atoms with van der Waals surface area (Å²) < 4.78 is 6.71. The van der Waals surface area contributed by atoms with E-state index < -0.39 is 0 Å². The molecule has 1 aromatic heterocycles. The Hall–Kier alpha value is -0.430. The third-order valence-electron chi connectivity index (χ3n) is 2.70. The second-order valence-electron chi connectivity index (χ2n) is 5.47. The molecule has 108 valence electrons. The molecule has 0 saturated heterocycles. The maximum Gasteiger partial charge on any atom is 0.159 e. The Morgan fingerprint density at radius 1 is 1.26 bits per heavy atom. The van der Waals surface area contributed by atoms with Gasteiger partial charge in [-0.3, -0.25) is 0 Å². The monoisotopic (exact) mass is 377 g/mol. The first-order valence-corrected chi connectivity index (χ1v) is 7.82. The summed E-state index contributed by atoms with van der Waals surface area (Å²) >= 11 is 2.32. The van der Waals surface area contributed by atoms with E-state index in [1.165, 1.54) is 0 Å². The summed E-state index contributed by atoms with van der Waals surface area (Å²) in [6.45, 7) is 14.1. The van der Waals surface area contributed by atoms with Crippen molar-refractivity contribution in [1.29, 1.82) is 0 Å². The van der Waals surface area contributed by atoms with Gasteiger partial charge in [0.1, 0.15) is 11.9 Å². The van der Waals surface area contributed by atoms with Gasteiger partial charge >= 0.3 is 0 Å². The van der Waals surface area contributed by atoms with Gasteiger partial charge in [-0.25, -0.2) is 9.97 Å². The second-order valence-corrected chi connectivity index (χ2v) is 6.55. The molecule has 0 aliphatic rings. The van der Waals surface area contributed by atoms with Gasteiger partial charge in [-0.1, -0.05) is 20.8 Å². The highest BCUT2D eigenvalue weighted by Gasteiger charge is 2.24.